The van der Waals surface area contributed by atoms with Crippen molar-refractivity contribution >= 4 is 8.32 Å². The van der Waals surface area contributed by atoms with Crippen LogP contribution in [0.1, 0.15) is 38.0 Å². The predicted octanol–water partition coefficient (Wildman–Crippen LogP) is 6.52. The largest absolute Gasteiger partial charge is 0.541 e. The van der Waals surface area contributed by atoms with Gasteiger partial charge in [-0.15, -0.1) is 6.58 Å². The Morgan fingerprint density at radius 1 is 1.04 bits per heavy atom. The molecule has 0 radical (unpaired) electrons. The second-order valence-electron chi connectivity index (χ2n) is 8.19. The van der Waals surface area contributed by atoms with Crippen LogP contribution in [-0.2, 0) is 11.3 Å². The smallest absolute Gasteiger partial charge is 0.250 e. The van der Waals surface area contributed by atoms with Gasteiger partial charge in [0.15, 0.2) is 5.75 Å². The Morgan fingerprint density at radius 3 is 2.26 bits per heavy atom. The highest BCUT2D eigenvalue weighted by molar-refractivity contribution is 6.74. The highest BCUT2D eigenvalue weighted by Crippen LogP contribution is 2.42. The number of methoxy groups -OCH3 is 1. The molecule has 0 saturated carbocycles. The first-order chi connectivity index (χ1) is 12.7. The van der Waals surface area contributed by atoms with Crippen molar-refractivity contribution in [2.24, 2.45) is 0 Å². The lowest BCUT2D eigenvalue weighted by Gasteiger charge is -2.37. The number of para-hydroxylation sites is 1. The zero-order chi connectivity index (χ0) is 20.1. The number of hydrogen-bond donors (Lipinski definition) is 0. The third-order valence-electron chi connectivity index (χ3n) is 5.18. The van der Waals surface area contributed by atoms with Crippen LogP contribution in [0, 0.1) is 0 Å². The lowest BCUT2D eigenvalue weighted by molar-refractivity contribution is 0.0702. The maximum Gasteiger partial charge on any atom is 0.250 e. The van der Waals surface area contributed by atoms with Crippen molar-refractivity contribution in [3.05, 3.63) is 72.3 Å². The van der Waals surface area contributed by atoms with Gasteiger partial charge in [0.2, 0.25) is 0 Å². The molecule has 146 valence electrons. The van der Waals surface area contributed by atoms with E-state index in [1.807, 2.05) is 48.5 Å². The molecule has 2 aromatic rings. The lowest BCUT2D eigenvalue weighted by Crippen LogP contribution is -2.44. The average Bonchev–Trinajstić information content (AvgIpc) is 2.62. The summed E-state index contributed by atoms with van der Waals surface area (Å²) in [6.07, 6.45) is 1.53. The standard InChI is InChI=1S/C23H32O3Si/c1-8-20(25-17-18-13-10-9-11-14-18)19-15-12-16-21(22(19)24-5)26-27(6,7)23(2,3)4/h8-16,20H,1,17H2,2-7H3/t20-/m1/s1. The molecule has 0 aromatic heterocycles. The SMILES string of the molecule is C=C[C@@H](OCc1ccccc1)c1cccc(O[Si](C)(C)C(C)(C)C)c1OC. The zero-order valence-electron chi connectivity index (χ0n) is 17.4. The Morgan fingerprint density at radius 2 is 1.70 bits per heavy atom. The van der Waals surface area contributed by atoms with Gasteiger partial charge in [-0.3, -0.25) is 0 Å². The minimum Gasteiger partial charge on any atom is -0.541 e. The summed E-state index contributed by atoms with van der Waals surface area (Å²) >= 11 is 0. The van der Waals surface area contributed by atoms with E-state index < -0.39 is 8.32 Å². The molecule has 0 N–H and O–H groups in total. The molecular weight excluding hydrogens is 352 g/mol. The van der Waals surface area contributed by atoms with E-state index in [4.69, 9.17) is 13.9 Å². The van der Waals surface area contributed by atoms with Crippen LogP contribution in [0.5, 0.6) is 11.5 Å². The van der Waals surface area contributed by atoms with Gasteiger partial charge in [-0.05, 0) is 29.8 Å². The highest BCUT2D eigenvalue weighted by atomic mass is 28.4. The van der Waals surface area contributed by atoms with E-state index in [9.17, 15) is 0 Å². The van der Waals surface area contributed by atoms with Gasteiger partial charge in [-0.25, -0.2) is 0 Å². The van der Waals surface area contributed by atoms with Crippen molar-refractivity contribution in [2.75, 3.05) is 7.11 Å². The maximum absolute atomic E-state index is 6.51. The van der Waals surface area contributed by atoms with Crippen molar-refractivity contribution in [2.45, 2.75) is 51.6 Å². The van der Waals surface area contributed by atoms with Gasteiger partial charge in [-0.2, -0.15) is 0 Å². The van der Waals surface area contributed by atoms with Gasteiger partial charge in [0.1, 0.15) is 11.9 Å². The zero-order valence-corrected chi connectivity index (χ0v) is 18.4. The number of benzene rings is 2. The summed E-state index contributed by atoms with van der Waals surface area (Å²) in [5.74, 6) is 1.50. The molecule has 2 aromatic carbocycles. The highest BCUT2D eigenvalue weighted by Gasteiger charge is 2.39. The van der Waals surface area contributed by atoms with E-state index in [2.05, 4.69) is 40.4 Å². The van der Waals surface area contributed by atoms with Crippen LogP contribution < -0.4 is 9.16 Å². The third kappa shape index (κ3) is 5.24. The number of rotatable bonds is 8. The van der Waals surface area contributed by atoms with Crippen LogP contribution in [0.25, 0.3) is 0 Å². The summed E-state index contributed by atoms with van der Waals surface area (Å²) in [5.41, 5.74) is 2.05. The minimum absolute atomic E-state index is 0.107. The monoisotopic (exact) mass is 384 g/mol. The fraction of sp³-hybridized carbons (Fsp3) is 0.391. The van der Waals surface area contributed by atoms with E-state index in [1.54, 1.807) is 13.2 Å². The Kier molecular flexibility index (Phi) is 6.90. The Labute approximate surface area is 165 Å². The molecule has 0 amide bonds. The summed E-state index contributed by atoms with van der Waals surface area (Å²) < 4.78 is 18.4. The first kappa shape index (κ1) is 21.3. The fourth-order valence-corrected chi connectivity index (χ4v) is 3.55. The molecular formula is C23H32O3Si. The molecule has 3 nitrogen and oxygen atoms in total. The van der Waals surface area contributed by atoms with Crippen molar-refractivity contribution < 1.29 is 13.9 Å². The fourth-order valence-electron chi connectivity index (χ4n) is 2.53. The van der Waals surface area contributed by atoms with Crippen LogP contribution in [0.15, 0.2) is 61.2 Å². The van der Waals surface area contributed by atoms with Crippen LogP contribution in [0.3, 0.4) is 0 Å². The van der Waals surface area contributed by atoms with Gasteiger partial charge in [0.25, 0.3) is 8.32 Å². The van der Waals surface area contributed by atoms with Crippen LogP contribution in [-0.4, -0.2) is 15.4 Å². The Balaban J connectivity index is 2.29. The summed E-state index contributed by atoms with van der Waals surface area (Å²) in [5, 5.41) is 0.107. The number of ether oxygens (including phenoxy) is 2. The van der Waals surface area contributed by atoms with Gasteiger partial charge >= 0.3 is 0 Å². The van der Waals surface area contributed by atoms with E-state index in [1.165, 1.54) is 0 Å². The average molecular weight is 385 g/mol. The summed E-state index contributed by atoms with van der Waals surface area (Å²) in [7, 11) is -0.304. The summed E-state index contributed by atoms with van der Waals surface area (Å²) in [4.78, 5) is 0. The first-order valence-corrected chi connectivity index (χ1v) is 12.2. The predicted molar refractivity (Wildman–Crippen MR) is 115 cm³/mol. The molecule has 0 aliphatic rings. The van der Waals surface area contributed by atoms with Crippen LogP contribution in [0.2, 0.25) is 18.1 Å². The first-order valence-electron chi connectivity index (χ1n) is 9.33. The Hall–Kier alpha value is -2.04. The summed E-state index contributed by atoms with van der Waals surface area (Å²) in [6, 6.07) is 16.1. The quantitative estimate of drug-likeness (QED) is 0.383. The molecule has 0 bridgehead atoms. The molecule has 0 heterocycles. The van der Waals surface area contributed by atoms with E-state index in [0.29, 0.717) is 6.61 Å². The minimum atomic E-state index is -1.98. The molecule has 0 aliphatic carbocycles. The third-order valence-corrected chi connectivity index (χ3v) is 9.52. The van der Waals surface area contributed by atoms with Crippen LogP contribution >= 0.6 is 0 Å². The van der Waals surface area contributed by atoms with E-state index in [0.717, 1.165) is 22.6 Å². The molecule has 0 saturated heterocycles. The van der Waals surface area contributed by atoms with Crippen molar-refractivity contribution in [1.29, 1.82) is 0 Å². The summed E-state index contributed by atoms with van der Waals surface area (Å²) in [6.45, 7) is 15.6. The van der Waals surface area contributed by atoms with E-state index >= 15 is 0 Å². The van der Waals surface area contributed by atoms with Gasteiger partial charge < -0.3 is 13.9 Å². The maximum atomic E-state index is 6.51. The van der Waals surface area contributed by atoms with Crippen molar-refractivity contribution in [3.63, 3.8) is 0 Å². The molecule has 0 fully saturated rings. The second-order valence-corrected chi connectivity index (χ2v) is 12.9. The molecule has 0 aliphatic heterocycles. The molecule has 1 atom stereocenters. The Bertz CT molecular complexity index is 748. The van der Waals surface area contributed by atoms with Gasteiger partial charge in [0.05, 0.1) is 13.7 Å². The lowest BCUT2D eigenvalue weighted by atomic mass is 10.1. The molecule has 27 heavy (non-hydrogen) atoms. The molecule has 2 rings (SSSR count). The topological polar surface area (TPSA) is 27.7 Å². The second kappa shape index (κ2) is 8.76. The van der Waals surface area contributed by atoms with Gasteiger partial charge in [-0.1, -0.05) is 69.3 Å². The van der Waals surface area contributed by atoms with Gasteiger partial charge in [0, 0.05) is 5.56 Å². The number of hydrogen-bond acceptors (Lipinski definition) is 3. The normalized spacial score (nSPS) is 13.1. The molecule has 0 unspecified atom stereocenters. The van der Waals surface area contributed by atoms with Crippen molar-refractivity contribution in [3.8, 4) is 11.5 Å². The van der Waals surface area contributed by atoms with Crippen molar-refractivity contribution in [1.82, 2.24) is 0 Å². The molecule has 4 heteroatoms. The van der Waals surface area contributed by atoms with Crippen LogP contribution in [0.4, 0.5) is 0 Å². The molecule has 0 spiro atoms. The van der Waals surface area contributed by atoms with E-state index in [-0.39, 0.29) is 11.1 Å².